The molecule has 1 heterocycles. The van der Waals surface area contributed by atoms with Crippen molar-refractivity contribution in [3.63, 3.8) is 0 Å². The summed E-state index contributed by atoms with van der Waals surface area (Å²) in [5.74, 6) is -0.195. The van der Waals surface area contributed by atoms with Crippen LogP contribution in [0.15, 0.2) is 60.0 Å². The van der Waals surface area contributed by atoms with E-state index in [1.165, 1.54) is 11.8 Å². The van der Waals surface area contributed by atoms with E-state index in [1.807, 2.05) is 38.2 Å². The third-order valence-electron chi connectivity index (χ3n) is 4.06. The molecule has 2 aromatic carbocycles. The predicted molar refractivity (Wildman–Crippen MR) is 111 cm³/mol. The quantitative estimate of drug-likeness (QED) is 0.599. The Morgan fingerprint density at radius 3 is 2.68 bits per heavy atom. The lowest BCUT2D eigenvalue weighted by molar-refractivity contribution is -0.113. The molecule has 0 saturated carbocycles. The largest absolute Gasteiger partial charge is 0.325 e. The fourth-order valence-electron chi connectivity index (χ4n) is 2.61. The van der Waals surface area contributed by atoms with E-state index in [-0.39, 0.29) is 17.6 Å². The minimum atomic E-state index is -0.217. The molecule has 3 rings (SSSR count). The topological polar surface area (TPSA) is 88.9 Å². The molecule has 0 atom stereocenters. The average molecular weight is 395 g/mol. The van der Waals surface area contributed by atoms with Crippen LogP contribution in [-0.4, -0.2) is 32.3 Å². The van der Waals surface area contributed by atoms with E-state index < -0.39 is 0 Å². The lowest BCUT2D eigenvalue weighted by atomic mass is 10.1. The Morgan fingerprint density at radius 2 is 1.93 bits per heavy atom. The van der Waals surface area contributed by atoms with Crippen molar-refractivity contribution in [3.8, 4) is 0 Å². The summed E-state index contributed by atoms with van der Waals surface area (Å²) in [5.41, 5.74) is 2.91. The number of nitrogens with one attached hydrogen (secondary N) is 2. The lowest BCUT2D eigenvalue weighted by Gasteiger charge is -2.11. The highest BCUT2D eigenvalue weighted by atomic mass is 32.2. The maximum Gasteiger partial charge on any atom is 0.255 e. The maximum absolute atomic E-state index is 12.6. The summed E-state index contributed by atoms with van der Waals surface area (Å²) in [4.78, 5) is 24.8. The molecule has 3 aromatic rings. The van der Waals surface area contributed by atoms with Crippen molar-refractivity contribution in [2.24, 2.45) is 7.05 Å². The van der Waals surface area contributed by atoms with Gasteiger partial charge in [-0.3, -0.25) is 9.59 Å². The van der Waals surface area contributed by atoms with Crippen molar-refractivity contribution in [1.82, 2.24) is 14.8 Å². The van der Waals surface area contributed by atoms with Crippen molar-refractivity contribution in [2.45, 2.75) is 18.5 Å². The van der Waals surface area contributed by atoms with E-state index in [0.717, 1.165) is 17.7 Å². The SMILES string of the molecule is CCc1ccccc1NC(=O)c1cccc(NC(=O)CSc2nncn2C)c1. The number of carbonyl (C=O) groups is 2. The highest BCUT2D eigenvalue weighted by Crippen LogP contribution is 2.19. The Bertz CT molecular complexity index is 986. The van der Waals surface area contributed by atoms with Crippen LogP contribution in [0.2, 0.25) is 0 Å². The number of benzene rings is 2. The Labute approximate surface area is 167 Å². The molecule has 28 heavy (non-hydrogen) atoms. The smallest absolute Gasteiger partial charge is 0.255 e. The summed E-state index contributed by atoms with van der Waals surface area (Å²) in [6, 6.07) is 14.6. The van der Waals surface area contributed by atoms with Gasteiger partial charge in [0.2, 0.25) is 5.91 Å². The number of anilines is 2. The Morgan fingerprint density at radius 1 is 1.11 bits per heavy atom. The van der Waals surface area contributed by atoms with Crippen molar-refractivity contribution in [1.29, 1.82) is 0 Å². The van der Waals surface area contributed by atoms with Gasteiger partial charge >= 0.3 is 0 Å². The Kier molecular flexibility index (Phi) is 6.44. The highest BCUT2D eigenvalue weighted by Gasteiger charge is 2.11. The molecule has 0 fully saturated rings. The van der Waals surface area contributed by atoms with Crippen molar-refractivity contribution in [3.05, 3.63) is 66.0 Å². The normalized spacial score (nSPS) is 10.5. The van der Waals surface area contributed by atoms with Gasteiger partial charge in [0, 0.05) is 24.0 Å². The minimum absolute atomic E-state index is 0.179. The van der Waals surface area contributed by atoms with Crippen molar-refractivity contribution < 1.29 is 9.59 Å². The van der Waals surface area contributed by atoms with Crippen LogP contribution in [0, 0.1) is 0 Å². The number of rotatable bonds is 7. The van der Waals surface area contributed by atoms with Crippen LogP contribution in [0.5, 0.6) is 0 Å². The maximum atomic E-state index is 12.6. The van der Waals surface area contributed by atoms with Crippen LogP contribution in [0.1, 0.15) is 22.8 Å². The number of hydrogen-bond acceptors (Lipinski definition) is 5. The van der Waals surface area contributed by atoms with Gasteiger partial charge in [-0.05, 0) is 36.2 Å². The third-order valence-corrected chi connectivity index (χ3v) is 5.09. The molecule has 0 radical (unpaired) electrons. The molecule has 144 valence electrons. The van der Waals surface area contributed by atoms with Crippen LogP contribution < -0.4 is 10.6 Å². The Balaban J connectivity index is 1.62. The van der Waals surface area contributed by atoms with Gasteiger partial charge in [-0.2, -0.15) is 0 Å². The molecule has 0 aliphatic heterocycles. The molecule has 0 unspecified atom stereocenters. The summed E-state index contributed by atoms with van der Waals surface area (Å²) in [6.07, 6.45) is 2.41. The Hall–Kier alpha value is -3.13. The van der Waals surface area contributed by atoms with Gasteiger partial charge in [-0.25, -0.2) is 0 Å². The third kappa shape index (κ3) is 4.98. The molecule has 0 aliphatic carbocycles. The van der Waals surface area contributed by atoms with Gasteiger partial charge < -0.3 is 15.2 Å². The van der Waals surface area contributed by atoms with E-state index in [2.05, 4.69) is 20.8 Å². The molecule has 0 spiro atoms. The molecule has 0 bridgehead atoms. The first-order chi connectivity index (χ1) is 13.6. The number of para-hydroxylation sites is 1. The van der Waals surface area contributed by atoms with E-state index in [9.17, 15) is 9.59 Å². The van der Waals surface area contributed by atoms with Gasteiger partial charge in [0.15, 0.2) is 5.16 Å². The lowest BCUT2D eigenvalue weighted by Crippen LogP contribution is -2.16. The van der Waals surface area contributed by atoms with Crippen molar-refractivity contribution in [2.75, 3.05) is 16.4 Å². The molecule has 1 aromatic heterocycles. The average Bonchev–Trinajstić information content (AvgIpc) is 3.12. The zero-order valence-corrected chi connectivity index (χ0v) is 16.5. The fraction of sp³-hybridized carbons (Fsp3) is 0.200. The minimum Gasteiger partial charge on any atom is -0.325 e. The molecule has 2 N–H and O–H groups in total. The van der Waals surface area contributed by atoms with E-state index >= 15 is 0 Å². The number of hydrogen-bond donors (Lipinski definition) is 2. The second-order valence-corrected chi connectivity index (χ2v) is 7.05. The molecule has 0 saturated heterocycles. The summed E-state index contributed by atoms with van der Waals surface area (Å²) < 4.78 is 1.75. The van der Waals surface area contributed by atoms with Crippen LogP contribution in [0.3, 0.4) is 0 Å². The number of amides is 2. The molecule has 2 amide bonds. The van der Waals surface area contributed by atoms with Crippen molar-refractivity contribution >= 4 is 35.0 Å². The summed E-state index contributed by atoms with van der Waals surface area (Å²) in [6.45, 7) is 2.04. The summed E-state index contributed by atoms with van der Waals surface area (Å²) >= 11 is 1.30. The standard InChI is InChI=1S/C20H21N5O2S/c1-3-14-7-4-5-10-17(14)23-19(27)15-8-6-9-16(11-15)22-18(26)12-28-20-24-21-13-25(20)2/h4-11,13H,3,12H2,1-2H3,(H,22,26)(H,23,27). The molecule has 8 heteroatoms. The van der Waals surface area contributed by atoms with Crippen LogP contribution in [0.4, 0.5) is 11.4 Å². The highest BCUT2D eigenvalue weighted by molar-refractivity contribution is 7.99. The first-order valence-electron chi connectivity index (χ1n) is 8.82. The second kappa shape index (κ2) is 9.18. The number of aromatic nitrogens is 3. The molecular weight excluding hydrogens is 374 g/mol. The van der Waals surface area contributed by atoms with Gasteiger partial charge in [0.1, 0.15) is 6.33 Å². The zero-order valence-electron chi connectivity index (χ0n) is 15.7. The number of aryl methyl sites for hydroxylation is 2. The molecule has 7 nitrogen and oxygen atoms in total. The van der Waals surface area contributed by atoms with Gasteiger partial charge in [0.05, 0.1) is 5.75 Å². The van der Waals surface area contributed by atoms with E-state index in [4.69, 9.17) is 0 Å². The zero-order chi connectivity index (χ0) is 19.9. The molecule has 0 aliphatic rings. The molecular formula is C20H21N5O2S. The van der Waals surface area contributed by atoms with Crippen LogP contribution in [-0.2, 0) is 18.3 Å². The summed E-state index contributed by atoms with van der Waals surface area (Å²) in [7, 11) is 1.82. The van der Waals surface area contributed by atoms with E-state index in [1.54, 1.807) is 35.2 Å². The monoisotopic (exact) mass is 395 g/mol. The van der Waals surface area contributed by atoms with Crippen LogP contribution in [0.25, 0.3) is 0 Å². The first-order valence-corrected chi connectivity index (χ1v) is 9.81. The number of nitrogens with zero attached hydrogens (tertiary/aromatic N) is 3. The number of thioether (sulfide) groups is 1. The second-order valence-electron chi connectivity index (χ2n) is 6.11. The van der Waals surface area contributed by atoms with Gasteiger partial charge in [0.25, 0.3) is 5.91 Å². The van der Waals surface area contributed by atoms with E-state index in [0.29, 0.717) is 16.4 Å². The van der Waals surface area contributed by atoms with Gasteiger partial charge in [-0.15, -0.1) is 10.2 Å². The first kappa shape index (κ1) is 19.6. The summed E-state index contributed by atoms with van der Waals surface area (Å²) in [5, 5.41) is 14.1. The number of carbonyl (C=O) groups excluding carboxylic acids is 2. The van der Waals surface area contributed by atoms with Gasteiger partial charge in [-0.1, -0.05) is 43.0 Å². The fourth-order valence-corrected chi connectivity index (χ4v) is 3.30. The van der Waals surface area contributed by atoms with Crippen LogP contribution >= 0.6 is 11.8 Å². The predicted octanol–water partition coefficient (Wildman–Crippen LogP) is 3.36.